The number of aryl methyl sites for hydroxylation is 2. The predicted molar refractivity (Wildman–Crippen MR) is 112 cm³/mol. The van der Waals surface area contributed by atoms with Crippen molar-refractivity contribution >= 4 is 23.2 Å². The lowest BCUT2D eigenvalue weighted by molar-refractivity contribution is 0.0984. The van der Waals surface area contributed by atoms with Crippen molar-refractivity contribution in [1.29, 1.82) is 0 Å². The molecule has 0 bridgehead atoms. The standard InChI is InChI=1S/C23H24N4O/c1-4-26(19-10-7-8-16(2)14-19)23-24-17(3)15-20(25-23)22(28)27-13-12-18-9-5-6-11-21(18)27/h5-11,14-15H,4,12-13H2,1-3H3. The number of carbonyl (C=O) groups is 1. The zero-order chi connectivity index (χ0) is 19.7. The fourth-order valence-electron chi connectivity index (χ4n) is 3.71. The van der Waals surface area contributed by atoms with E-state index in [1.54, 1.807) is 6.07 Å². The van der Waals surface area contributed by atoms with Crippen LogP contribution in [0.4, 0.5) is 17.3 Å². The summed E-state index contributed by atoms with van der Waals surface area (Å²) in [6, 6.07) is 18.1. The smallest absolute Gasteiger partial charge is 0.277 e. The number of carbonyl (C=O) groups excluding carboxylic acids is 1. The molecule has 1 amide bonds. The van der Waals surface area contributed by atoms with Crippen LogP contribution in [-0.2, 0) is 6.42 Å². The number of rotatable bonds is 4. The van der Waals surface area contributed by atoms with Crippen molar-refractivity contribution in [3.8, 4) is 0 Å². The molecule has 0 unspecified atom stereocenters. The van der Waals surface area contributed by atoms with Gasteiger partial charge in [0.05, 0.1) is 0 Å². The Hall–Kier alpha value is -3.21. The van der Waals surface area contributed by atoms with Crippen molar-refractivity contribution in [2.75, 3.05) is 22.9 Å². The Bertz CT molecular complexity index is 1030. The molecule has 0 spiro atoms. The number of nitrogens with zero attached hydrogens (tertiary/aromatic N) is 4. The third-order valence-corrected chi connectivity index (χ3v) is 5.06. The Labute approximate surface area is 165 Å². The van der Waals surface area contributed by atoms with Gasteiger partial charge in [-0.1, -0.05) is 30.3 Å². The van der Waals surface area contributed by atoms with E-state index in [0.29, 0.717) is 24.7 Å². The van der Waals surface area contributed by atoms with Crippen LogP contribution in [0.2, 0.25) is 0 Å². The van der Waals surface area contributed by atoms with Crippen molar-refractivity contribution in [3.63, 3.8) is 0 Å². The lowest BCUT2D eigenvalue weighted by atomic mass is 10.2. The molecular weight excluding hydrogens is 348 g/mol. The van der Waals surface area contributed by atoms with Crippen molar-refractivity contribution in [2.45, 2.75) is 27.2 Å². The van der Waals surface area contributed by atoms with E-state index < -0.39 is 0 Å². The third kappa shape index (κ3) is 3.36. The van der Waals surface area contributed by atoms with E-state index in [0.717, 1.165) is 23.5 Å². The van der Waals surface area contributed by atoms with Gasteiger partial charge in [-0.2, -0.15) is 0 Å². The predicted octanol–water partition coefficient (Wildman–Crippen LogP) is 4.45. The number of para-hydroxylation sites is 1. The van der Waals surface area contributed by atoms with Crippen LogP contribution in [0.5, 0.6) is 0 Å². The minimum atomic E-state index is -0.0722. The summed E-state index contributed by atoms with van der Waals surface area (Å²) in [4.78, 5) is 26.4. The monoisotopic (exact) mass is 372 g/mol. The summed E-state index contributed by atoms with van der Waals surface area (Å²) in [7, 11) is 0. The Morgan fingerprint density at radius 1 is 1.07 bits per heavy atom. The maximum absolute atomic E-state index is 13.2. The highest BCUT2D eigenvalue weighted by molar-refractivity contribution is 6.06. The van der Waals surface area contributed by atoms with Gasteiger partial charge in [-0.25, -0.2) is 9.97 Å². The van der Waals surface area contributed by atoms with Gasteiger partial charge in [0.2, 0.25) is 5.95 Å². The van der Waals surface area contributed by atoms with Crippen LogP contribution in [0.1, 0.15) is 34.2 Å². The van der Waals surface area contributed by atoms with Gasteiger partial charge in [-0.15, -0.1) is 0 Å². The Balaban J connectivity index is 1.70. The maximum Gasteiger partial charge on any atom is 0.277 e. The largest absolute Gasteiger partial charge is 0.311 e. The minimum Gasteiger partial charge on any atom is -0.311 e. The van der Waals surface area contributed by atoms with E-state index in [2.05, 4.69) is 42.0 Å². The molecule has 0 atom stereocenters. The van der Waals surface area contributed by atoms with Crippen LogP contribution < -0.4 is 9.80 Å². The van der Waals surface area contributed by atoms with Crippen LogP contribution >= 0.6 is 0 Å². The van der Waals surface area contributed by atoms with Crippen molar-refractivity contribution in [2.24, 2.45) is 0 Å². The normalized spacial score (nSPS) is 12.8. The number of anilines is 3. The van der Waals surface area contributed by atoms with E-state index >= 15 is 0 Å². The average Bonchev–Trinajstić information content (AvgIpc) is 3.12. The minimum absolute atomic E-state index is 0.0722. The lowest BCUT2D eigenvalue weighted by Crippen LogP contribution is -2.30. The second kappa shape index (κ2) is 7.43. The third-order valence-electron chi connectivity index (χ3n) is 5.06. The van der Waals surface area contributed by atoms with Gasteiger partial charge in [-0.05, 0) is 62.6 Å². The summed E-state index contributed by atoms with van der Waals surface area (Å²) in [5.41, 5.74) is 5.61. The van der Waals surface area contributed by atoms with E-state index in [1.165, 1.54) is 11.1 Å². The van der Waals surface area contributed by atoms with Gasteiger partial charge in [0.1, 0.15) is 5.69 Å². The van der Waals surface area contributed by atoms with E-state index in [-0.39, 0.29) is 5.91 Å². The molecule has 28 heavy (non-hydrogen) atoms. The number of aromatic nitrogens is 2. The quantitative estimate of drug-likeness (QED) is 0.679. The molecule has 4 rings (SSSR count). The molecule has 0 fully saturated rings. The van der Waals surface area contributed by atoms with Crippen molar-refractivity contribution < 1.29 is 4.79 Å². The van der Waals surface area contributed by atoms with Crippen molar-refractivity contribution in [1.82, 2.24) is 9.97 Å². The SMILES string of the molecule is CCN(c1cccc(C)c1)c1nc(C)cc(C(=O)N2CCc3ccccc32)n1. The van der Waals surface area contributed by atoms with Gasteiger partial charge >= 0.3 is 0 Å². The summed E-state index contributed by atoms with van der Waals surface area (Å²) in [5, 5.41) is 0. The zero-order valence-corrected chi connectivity index (χ0v) is 16.5. The highest BCUT2D eigenvalue weighted by Crippen LogP contribution is 2.29. The van der Waals surface area contributed by atoms with Gasteiger partial charge in [0, 0.05) is 30.2 Å². The van der Waals surface area contributed by atoms with Crippen LogP contribution in [0.25, 0.3) is 0 Å². The summed E-state index contributed by atoms with van der Waals surface area (Å²) in [6.45, 7) is 7.43. The van der Waals surface area contributed by atoms with Gasteiger partial charge in [0.25, 0.3) is 5.91 Å². The molecule has 0 aliphatic carbocycles. The van der Waals surface area contributed by atoms with Gasteiger partial charge < -0.3 is 9.80 Å². The molecule has 3 aromatic rings. The lowest BCUT2D eigenvalue weighted by Gasteiger charge is -2.23. The maximum atomic E-state index is 13.2. The number of benzene rings is 2. The number of amides is 1. The number of fused-ring (bicyclic) bond motifs is 1. The first-order valence-corrected chi connectivity index (χ1v) is 9.66. The van der Waals surface area contributed by atoms with E-state index in [4.69, 9.17) is 0 Å². The highest BCUT2D eigenvalue weighted by atomic mass is 16.2. The summed E-state index contributed by atoms with van der Waals surface area (Å²) in [6.07, 6.45) is 0.878. The van der Waals surface area contributed by atoms with Crippen molar-refractivity contribution in [3.05, 3.63) is 77.1 Å². The molecule has 1 aromatic heterocycles. The molecule has 0 saturated carbocycles. The first-order valence-electron chi connectivity index (χ1n) is 9.66. The average molecular weight is 372 g/mol. The molecular formula is C23H24N4O. The first-order chi connectivity index (χ1) is 13.6. The van der Waals surface area contributed by atoms with Gasteiger partial charge in [0.15, 0.2) is 0 Å². The molecule has 0 saturated heterocycles. The fourth-order valence-corrected chi connectivity index (χ4v) is 3.71. The molecule has 2 aromatic carbocycles. The van der Waals surface area contributed by atoms with Gasteiger partial charge in [-0.3, -0.25) is 4.79 Å². The molecule has 1 aliphatic rings. The molecule has 0 radical (unpaired) electrons. The fraction of sp³-hybridized carbons (Fsp3) is 0.261. The second-order valence-electron chi connectivity index (χ2n) is 7.11. The molecule has 5 heteroatoms. The molecule has 5 nitrogen and oxygen atoms in total. The van der Waals surface area contributed by atoms with Crippen LogP contribution in [0.3, 0.4) is 0 Å². The highest BCUT2D eigenvalue weighted by Gasteiger charge is 2.27. The Morgan fingerprint density at radius 3 is 2.68 bits per heavy atom. The number of hydrogen-bond acceptors (Lipinski definition) is 4. The molecule has 0 N–H and O–H groups in total. The summed E-state index contributed by atoms with van der Waals surface area (Å²) >= 11 is 0. The van der Waals surface area contributed by atoms with Crippen LogP contribution in [0, 0.1) is 13.8 Å². The molecule has 1 aliphatic heterocycles. The van der Waals surface area contributed by atoms with E-state index in [9.17, 15) is 4.79 Å². The van der Waals surface area contributed by atoms with E-state index in [1.807, 2.05) is 47.1 Å². The molecule has 2 heterocycles. The Kier molecular flexibility index (Phi) is 4.82. The van der Waals surface area contributed by atoms with Crippen LogP contribution in [0.15, 0.2) is 54.6 Å². The second-order valence-corrected chi connectivity index (χ2v) is 7.11. The Morgan fingerprint density at radius 2 is 1.89 bits per heavy atom. The summed E-state index contributed by atoms with van der Waals surface area (Å²) < 4.78 is 0. The first kappa shape index (κ1) is 18.2. The molecule has 142 valence electrons. The zero-order valence-electron chi connectivity index (χ0n) is 16.5. The number of hydrogen-bond donors (Lipinski definition) is 0. The van der Waals surface area contributed by atoms with Crippen LogP contribution in [-0.4, -0.2) is 29.0 Å². The summed E-state index contributed by atoms with van der Waals surface area (Å²) in [5.74, 6) is 0.487. The topological polar surface area (TPSA) is 49.3 Å².